The molecular weight excluding hydrogens is 310 g/mol. The molecule has 0 aliphatic heterocycles. The van der Waals surface area contributed by atoms with E-state index in [0.717, 1.165) is 18.3 Å². The Morgan fingerprint density at radius 3 is 2.89 bits per heavy atom. The van der Waals surface area contributed by atoms with Gasteiger partial charge in [0, 0.05) is 34.3 Å². The van der Waals surface area contributed by atoms with Gasteiger partial charge in [0.05, 0.1) is 0 Å². The van der Waals surface area contributed by atoms with Crippen molar-refractivity contribution in [3.05, 3.63) is 28.2 Å². The summed E-state index contributed by atoms with van der Waals surface area (Å²) in [7, 11) is 0. The van der Waals surface area contributed by atoms with Gasteiger partial charge >= 0.3 is 0 Å². The third kappa shape index (κ3) is 4.57. The van der Waals surface area contributed by atoms with E-state index < -0.39 is 0 Å². The van der Waals surface area contributed by atoms with Crippen molar-refractivity contribution in [2.45, 2.75) is 37.2 Å². The highest BCUT2D eigenvalue weighted by Crippen LogP contribution is 2.27. The maximum Gasteiger partial charge on any atom is 0.0464 e. The minimum atomic E-state index is 0.261. The van der Waals surface area contributed by atoms with E-state index in [1.165, 1.54) is 27.8 Å². The number of aliphatic hydroxyl groups is 1. The van der Waals surface area contributed by atoms with Crippen molar-refractivity contribution in [3.63, 3.8) is 0 Å². The van der Waals surface area contributed by atoms with E-state index >= 15 is 0 Å². The zero-order valence-corrected chi connectivity index (χ0v) is 13.1. The minimum absolute atomic E-state index is 0.261. The first-order valence-corrected chi connectivity index (χ1v) is 8.22. The minimum Gasteiger partial charge on any atom is -0.396 e. The first-order valence-electron chi connectivity index (χ1n) is 6.44. The van der Waals surface area contributed by atoms with Crippen LogP contribution in [0.2, 0.25) is 0 Å². The average Bonchev–Trinajstić information content (AvgIpc) is 3.18. The van der Waals surface area contributed by atoms with Crippen LogP contribution in [0.3, 0.4) is 0 Å². The second kappa shape index (κ2) is 6.94. The summed E-state index contributed by atoms with van der Waals surface area (Å²) in [5, 5.41) is 12.5. The number of hydrogen-bond acceptors (Lipinski definition) is 3. The topological polar surface area (TPSA) is 32.3 Å². The van der Waals surface area contributed by atoms with Crippen LogP contribution in [0.5, 0.6) is 0 Å². The maximum atomic E-state index is 9.01. The summed E-state index contributed by atoms with van der Waals surface area (Å²) in [6.45, 7) is 3.27. The fraction of sp³-hybridized carbons (Fsp3) is 0.571. The molecule has 1 aliphatic rings. The molecule has 18 heavy (non-hydrogen) atoms. The Kier molecular flexibility index (Phi) is 5.55. The van der Waals surface area contributed by atoms with Gasteiger partial charge in [0.25, 0.3) is 0 Å². The van der Waals surface area contributed by atoms with Crippen molar-refractivity contribution in [2.75, 3.05) is 12.4 Å². The number of halogens is 1. The van der Waals surface area contributed by atoms with E-state index in [4.69, 9.17) is 5.11 Å². The lowest BCUT2D eigenvalue weighted by atomic mass is 10.2. The Morgan fingerprint density at radius 2 is 2.28 bits per heavy atom. The van der Waals surface area contributed by atoms with E-state index in [9.17, 15) is 0 Å². The summed E-state index contributed by atoms with van der Waals surface area (Å²) in [6, 6.07) is 7.28. The Hall–Kier alpha value is -0.0300. The van der Waals surface area contributed by atoms with E-state index in [1.54, 1.807) is 11.8 Å². The van der Waals surface area contributed by atoms with Crippen molar-refractivity contribution < 1.29 is 5.11 Å². The number of thioether (sulfide) groups is 1. The summed E-state index contributed by atoms with van der Waals surface area (Å²) in [6.07, 6.45) is 2.65. The second-order valence-electron chi connectivity index (χ2n) is 5.01. The fourth-order valence-corrected chi connectivity index (χ4v) is 3.21. The first kappa shape index (κ1) is 14.4. The molecule has 2 rings (SSSR count). The highest BCUT2D eigenvalue weighted by atomic mass is 79.9. The van der Waals surface area contributed by atoms with Crippen LogP contribution in [0.15, 0.2) is 27.6 Å². The van der Waals surface area contributed by atoms with Crippen LogP contribution in [-0.2, 0) is 6.54 Å². The fourth-order valence-electron chi connectivity index (χ4n) is 1.59. The number of aliphatic hydroxyl groups excluding tert-OH is 1. The van der Waals surface area contributed by atoms with Gasteiger partial charge < -0.3 is 10.4 Å². The molecule has 0 heterocycles. The van der Waals surface area contributed by atoms with E-state index in [2.05, 4.69) is 46.4 Å². The van der Waals surface area contributed by atoms with Crippen molar-refractivity contribution in [1.29, 1.82) is 0 Å². The number of nitrogens with one attached hydrogen (secondary N) is 1. The average molecular weight is 330 g/mol. The monoisotopic (exact) mass is 329 g/mol. The molecular formula is C14H20BrNOS. The summed E-state index contributed by atoms with van der Waals surface area (Å²) in [4.78, 5) is 1.26. The lowest BCUT2D eigenvalue weighted by Gasteiger charge is -2.10. The Morgan fingerprint density at radius 1 is 1.50 bits per heavy atom. The predicted octanol–water partition coefficient (Wildman–Crippen LogP) is 3.42. The van der Waals surface area contributed by atoms with Crippen molar-refractivity contribution >= 4 is 27.7 Å². The van der Waals surface area contributed by atoms with Crippen LogP contribution in [0.4, 0.5) is 0 Å². The first-order chi connectivity index (χ1) is 8.69. The Labute approximate surface area is 122 Å². The summed E-state index contributed by atoms with van der Waals surface area (Å²) in [5.74, 6) is 1.31. The van der Waals surface area contributed by atoms with Crippen molar-refractivity contribution in [1.82, 2.24) is 5.32 Å². The second-order valence-corrected chi connectivity index (χ2v) is 6.95. The van der Waals surface area contributed by atoms with Gasteiger partial charge in [0.1, 0.15) is 0 Å². The molecule has 0 aromatic heterocycles. The molecule has 1 unspecified atom stereocenters. The summed E-state index contributed by atoms with van der Waals surface area (Å²) < 4.78 is 1.18. The van der Waals surface area contributed by atoms with E-state index in [0.29, 0.717) is 5.92 Å². The van der Waals surface area contributed by atoms with Crippen LogP contribution in [0.1, 0.15) is 25.3 Å². The standard InChI is InChI=1S/C14H20BrNOS/c1-10(8-17)9-18-13-5-2-11(14(15)6-13)7-16-12-3-4-12/h2,5-6,10,12,16-17H,3-4,7-9H2,1H3. The van der Waals surface area contributed by atoms with Crippen molar-refractivity contribution in [3.8, 4) is 0 Å². The van der Waals surface area contributed by atoms with E-state index in [-0.39, 0.29) is 6.61 Å². The molecule has 2 N–H and O–H groups in total. The van der Waals surface area contributed by atoms with Crippen LogP contribution in [-0.4, -0.2) is 23.5 Å². The summed E-state index contributed by atoms with van der Waals surface area (Å²) >= 11 is 5.44. The highest BCUT2D eigenvalue weighted by Gasteiger charge is 2.20. The molecule has 1 aliphatic carbocycles. The van der Waals surface area contributed by atoms with Gasteiger partial charge in [0.15, 0.2) is 0 Å². The molecule has 0 amide bonds. The molecule has 0 radical (unpaired) electrons. The number of benzene rings is 1. The maximum absolute atomic E-state index is 9.01. The molecule has 1 saturated carbocycles. The predicted molar refractivity (Wildman–Crippen MR) is 81.0 cm³/mol. The van der Waals surface area contributed by atoms with Gasteiger partial charge in [-0.05, 0) is 36.5 Å². The summed E-state index contributed by atoms with van der Waals surface area (Å²) in [5.41, 5.74) is 1.32. The van der Waals surface area contributed by atoms with Crippen molar-refractivity contribution in [2.24, 2.45) is 5.92 Å². The molecule has 100 valence electrons. The Bertz CT molecular complexity index is 395. The number of rotatable bonds is 7. The molecule has 2 nitrogen and oxygen atoms in total. The normalized spacial score (nSPS) is 16.8. The van der Waals surface area contributed by atoms with E-state index in [1.807, 2.05) is 0 Å². The van der Waals surface area contributed by atoms with Crippen LogP contribution in [0, 0.1) is 5.92 Å². The van der Waals surface area contributed by atoms with Crippen LogP contribution < -0.4 is 5.32 Å². The molecule has 0 saturated heterocycles. The van der Waals surface area contributed by atoms with Gasteiger partial charge in [-0.15, -0.1) is 11.8 Å². The SMILES string of the molecule is CC(CO)CSc1ccc(CNC2CC2)c(Br)c1. The van der Waals surface area contributed by atoms with Crippen LogP contribution in [0.25, 0.3) is 0 Å². The van der Waals surface area contributed by atoms with Gasteiger partial charge in [-0.2, -0.15) is 0 Å². The highest BCUT2D eigenvalue weighted by molar-refractivity contribution is 9.10. The Balaban J connectivity index is 1.87. The van der Waals surface area contributed by atoms with Gasteiger partial charge in [-0.3, -0.25) is 0 Å². The zero-order chi connectivity index (χ0) is 13.0. The molecule has 1 atom stereocenters. The lowest BCUT2D eigenvalue weighted by molar-refractivity contribution is 0.250. The molecule has 0 spiro atoms. The zero-order valence-electron chi connectivity index (χ0n) is 10.7. The lowest BCUT2D eigenvalue weighted by Crippen LogP contribution is -2.15. The molecule has 0 bridgehead atoms. The van der Waals surface area contributed by atoms with Gasteiger partial charge in [0.2, 0.25) is 0 Å². The molecule has 1 fully saturated rings. The van der Waals surface area contributed by atoms with Gasteiger partial charge in [-0.25, -0.2) is 0 Å². The van der Waals surface area contributed by atoms with Crippen LogP contribution >= 0.6 is 27.7 Å². The largest absolute Gasteiger partial charge is 0.396 e. The molecule has 1 aromatic carbocycles. The quantitative estimate of drug-likeness (QED) is 0.752. The smallest absolute Gasteiger partial charge is 0.0464 e. The number of hydrogen-bond donors (Lipinski definition) is 2. The van der Waals surface area contributed by atoms with Gasteiger partial charge in [-0.1, -0.05) is 28.9 Å². The third-order valence-electron chi connectivity index (χ3n) is 3.03. The molecule has 1 aromatic rings. The molecule has 4 heteroatoms. The third-order valence-corrected chi connectivity index (χ3v) is 5.09.